The summed E-state index contributed by atoms with van der Waals surface area (Å²) in [5.74, 6) is 1.09. The SMILES string of the molecule is O=C(CSc1n[nH]c(-c2ccc(Cl)cc2)n1)NC1CCCCCCC1. The molecule has 1 aromatic carbocycles. The van der Waals surface area contributed by atoms with Gasteiger partial charge in [-0.25, -0.2) is 4.98 Å². The van der Waals surface area contributed by atoms with Crippen molar-refractivity contribution < 1.29 is 4.79 Å². The minimum Gasteiger partial charge on any atom is -0.353 e. The molecule has 3 rings (SSSR count). The Morgan fingerprint density at radius 1 is 1.16 bits per heavy atom. The van der Waals surface area contributed by atoms with Gasteiger partial charge < -0.3 is 5.32 Å². The number of aromatic nitrogens is 3. The second-order valence-corrected chi connectivity index (χ2v) is 7.75. The van der Waals surface area contributed by atoms with Crippen molar-refractivity contribution in [2.45, 2.75) is 56.1 Å². The maximum atomic E-state index is 12.2. The standard InChI is InChI=1S/C18H23ClN4OS/c19-14-10-8-13(9-11-14)17-21-18(23-22-17)25-12-16(24)20-15-6-4-2-1-3-5-7-15/h8-11,15H,1-7,12H2,(H,20,24)(H,21,22,23). The Morgan fingerprint density at radius 2 is 1.84 bits per heavy atom. The molecule has 1 heterocycles. The molecule has 2 N–H and O–H groups in total. The first-order valence-corrected chi connectivity index (χ1v) is 10.2. The number of carbonyl (C=O) groups is 1. The van der Waals surface area contributed by atoms with Crippen LogP contribution >= 0.6 is 23.4 Å². The summed E-state index contributed by atoms with van der Waals surface area (Å²) in [5, 5.41) is 11.5. The minimum absolute atomic E-state index is 0.0633. The Hall–Kier alpha value is -1.53. The number of carbonyl (C=O) groups excluding carboxylic acids is 1. The van der Waals surface area contributed by atoms with Gasteiger partial charge in [-0.3, -0.25) is 9.89 Å². The van der Waals surface area contributed by atoms with E-state index in [0.29, 0.717) is 27.8 Å². The topological polar surface area (TPSA) is 70.7 Å². The summed E-state index contributed by atoms with van der Waals surface area (Å²) < 4.78 is 0. The zero-order valence-electron chi connectivity index (χ0n) is 14.1. The third-order valence-corrected chi connectivity index (χ3v) is 5.48. The van der Waals surface area contributed by atoms with Gasteiger partial charge in [0.1, 0.15) is 0 Å². The van der Waals surface area contributed by atoms with Crippen LogP contribution < -0.4 is 5.32 Å². The highest BCUT2D eigenvalue weighted by Crippen LogP contribution is 2.21. The minimum atomic E-state index is 0.0633. The monoisotopic (exact) mass is 378 g/mol. The second kappa shape index (κ2) is 9.25. The molecule has 0 radical (unpaired) electrons. The van der Waals surface area contributed by atoms with Gasteiger partial charge in [0.2, 0.25) is 11.1 Å². The highest BCUT2D eigenvalue weighted by atomic mass is 35.5. The number of hydrogen-bond donors (Lipinski definition) is 2. The Bertz CT molecular complexity index is 681. The predicted octanol–water partition coefficient (Wildman–Crippen LogP) is 4.45. The van der Waals surface area contributed by atoms with Gasteiger partial charge in [-0.15, -0.1) is 5.10 Å². The molecule has 0 bridgehead atoms. The van der Waals surface area contributed by atoms with Crippen LogP contribution in [0.2, 0.25) is 5.02 Å². The zero-order chi connectivity index (χ0) is 17.5. The molecule has 0 aliphatic heterocycles. The second-order valence-electron chi connectivity index (χ2n) is 6.37. The molecule has 5 nitrogen and oxygen atoms in total. The average molecular weight is 379 g/mol. The highest BCUT2D eigenvalue weighted by Gasteiger charge is 2.15. The van der Waals surface area contributed by atoms with E-state index >= 15 is 0 Å². The summed E-state index contributed by atoms with van der Waals surface area (Å²) >= 11 is 7.25. The summed E-state index contributed by atoms with van der Waals surface area (Å²) in [4.78, 5) is 16.6. The van der Waals surface area contributed by atoms with Crippen molar-refractivity contribution in [1.82, 2.24) is 20.5 Å². The molecule has 1 aliphatic carbocycles. The van der Waals surface area contributed by atoms with E-state index in [2.05, 4.69) is 20.5 Å². The number of nitrogens with zero attached hydrogens (tertiary/aromatic N) is 2. The number of thioether (sulfide) groups is 1. The molecule has 0 spiro atoms. The fourth-order valence-electron chi connectivity index (χ4n) is 3.05. The van der Waals surface area contributed by atoms with Gasteiger partial charge in [-0.1, -0.05) is 55.5 Å². The molecule has 134 valence electrons. The van der Waals surface area contributed by atoms with Crippen LogP contribution in [0, 0.1) is 0 Å². The molecule has 1 aliphatic rings. The maximum absolute atomic E-state index is 12.2. The molecular weight excluding hydrogens is 356 g/mol. The van der Waals surface area contributed by atoms with Gasteiger partial charge in [-0.05, 0) is 37.1 Å². The fourth-order valence-corrected chi connectivity index (χ4v) is 3.78. The first kappa shape index (κ1) is 18.3. The number of nitrogens with one attached hydrogen (secondary N) is 2. The Balaban J connectivity index is 1.48. The van der Waals surface area contributed by atoms with E-state index in [-0.39, 0.29) is 5.91 Å². The van der Waals surface area contributed by atoms with E-state index in [9.17, 15) is 4.79 Å². The quantitative estimate of drug-likeness (QED) is 0.754. The van der Waals surface area contributed by atoms with Crippen LogP contribution in [0.1, 0.15) is 44.9 Å². The highest BCUT2D eigenvalue weighted by molar-refractivity contribution is 7.99. The zero-order valence-corrected chi connectivity index (χ0v) is 15.7. The van der Waals surface area contributed by atoms with Crippen LogP contribution in [0.25, 0.3) is 11.4 Å². The molecule has 0 saturated heterocycles. The van der Waals surface area contributed by atoms with E-state index < -0.39 is 0 Å². The first-order valence-electron chi connectivity index (χ1n) is 8.81. The first-order chi connectivity index (χ1) is 12.2. The molecule has 2 aromatic rings. The average Bonchev–Trinajstić information content (AvgIpc) is 3.05. The van der Waals surface area contributed by atoms with Crippen molar-refractivity contribution in [2.24, 2.45) is 0 Å². The van der Waals surface area contributed by atoms with Crippen LogP contribution in [0.3, 0.4) is 0 Å². The van der Waals surface area contributed by atoms with Gasteiger partial charge >= 0.3 is 0 Å². The third kappa shape index (κ3) is 5.75. The molecule has 1 fully saturated rings. The van der Waals surface area contributed by atoms with Crippen LogP contribution in [0.15, 0.2) is 29.4 Å². The summed E-state index contributed by atoms with van der Waals surface area (Å²) in [6.45, 7) is 0. The Labute approximate surface area is 157 Å². The number of rotatable bonds is 5. The van der Waals surface area contributed by atoms with Gasteiger partial charge in [0.25, 0.3) is 0 Å². The molecule has 7 heteroatoms. The summed E-state index contributed by atoms with van der Waals surface area (Å²) in [7, 11) is 0. The van der Waals surface area contributed by atoms with Crippen molar-refractivity contribution in [3.63, 3.8) is 0 Å². The van der Waals surface area contributed by atoms with Gasteiger partial charge in [0.05, 0.1) is 5.75 Å². The lowest BCUT2D eigenvalue weighted by molar-refractivity contribution is -0.119. The summed E-state index contributed by atoms with van der Waals surface area (Å²) in [5.41, 5.74) is 0.919. The maximum Gasteiger partial charge on any atom is 0.230 e. The number of hydrogen-bond acceptors (Lipinski definition) is 4. The molecular formula is C18H23ClN4OS. The van der Waals surface area contributed by atoms with Crippen molar-refractivity contribution in [3.8, 4) is 11.4 Å². The van der Waals surface area contributed by atoms with Crippen LogP contribution in [0.4, 0.5) is 0 Å². The lowest BCUT2D eigenvalue weighted by atomic mass is 9.97. The molecule has 1 amide bonds. The Kier molecular flexibility index (Phi) is 6.76. The van der Waals surface area contributed by atoms with Crippen LogP contribution in [0.5, 0.6) is 0 Å². The van der Waals surface area contributed by atoms with Crippen molar-refractivity contribution in [2.75, 3.05) is 5.75 Å². The molecule has 25 heavy (non-hydrogen) atoms. The van der Waals surface area contributed by atoms with Crippen LogP contribution in [-0.2, 0) is 4.79 Å². The van der Waals surface area contributed by atoms with Gasteiger partial charge in [0, 0.05) is 16.6 Å². The number of H-pyrrole nitrogens is 1. The lowest BCUT2D eigenvalue weighted by Gasteiger charge is -2.20. The molecule has 1 aromatic heterocycles. The van der Waals surface area contributed by atoms with E-state index in [0.717, 1.165) is 18.4 Å². The van der Waals surface area contributed by atoms with E-state index in [1.165, 1.54) is 43.9 Å². The molecule has 1 saturated carbocycles. The van der Waals surface area contributed by atoms with E-state index in [4.69, 9.17) is 11.6 Å². The summed E-state index contributed by atoms with van der Waals surface area (Å²) in [6, 6.07) is 7.73. The van der Waals surface area contributed by atoms with Crippen LogP contribution in [-0.4, -0.2) is 32.9 Å². The van der Waals surface area contributed by atoms with Crippen molar-refractivity contribution >= 4 is 29.3 Å². The fraction of sp³-hybridized carbons (Fsp3) is 0.500. The van der Waals surface area contributed by atoms with E-state index in [1.807, 2.05) is 24.3 Å². The normalized spacial score (nSPS) is 16.2. The van der Waals surface area contributed by atoms with E-state index in [1.54, 1.807) is 0 Å². The number of benzene rings is 1. The smallest absolute Gasteiger partial charge is 0.230 e. The number of aromatic amines is 1. The predicted molar refractivity (Wildman–Crippen MR) is 102 cm³/mol. The third-order valence-electron chi connectivity index (χ3n) is 4.39. The van der Waals surface area contributed by atoms with Gasteiger partial charge in [0.15, 0.2) is 5.82 Å². The number of halogens is 1. The Morgan fingerprint density at radius 3 is 2.56 bits per heavy atom. The largest absolute Gasteiger partial charge is 0.353 e. The lowest BCUT2D eigenvalue weighted by Crippen LogP contribution is -2.36. The summed E-state index contributed by atoms with van der Waals surface area (Å²) in [6.07, 6.45) is 8.51. The number of amides is 1. The van der Waals surface area contributed by atoms with Crippen molar-refractivity contribution in [1.29, 1.82) is 0 Å². The van der Waals surface area contributed by atoms with Gasteiger partial charge in [-0.2, -0.15) is 0 Å². The van der Waals surface area contributed by atoms with Crippen molar-refractivity contribution in [3.05, 3.63) is 29.3 Å². The molecule has 0 atom stereocenters. The molecule has 0 unspecified atom stereocenters.